The van der Waals surface area contributed by atoms with Gasteiger partial charge in [0.15, 0.2) is 0 Å². The number of nitrogens with zero attached hydrogens (tertiary/aromatic N) is 7. The summed E-state index contributed by atoms with van der Waals surface area (Å²) in [6.07, 6.45) is 7.59. The third kappa shape index (κ3) is 2.94. The highest BCUT2D eigenvalue weighted by Crippen LogP contribution is 2.53. The average Bonchev–Trinajstić information content (AvgIpc) is 3.15. The maximum atomic E-state index is 15.5. The van der Waals surface area contributed by atoms with Crippen molar-refractivity contribution in [1.82, 2.24) is 24.6 Å². The minimum absolute atomic E-state index is 0.133. The predicted molar refractivity (Wildman–Crippen MR) is 120 cm³/mol. The molecule has 3 aliphatic rings. The Morgan fingerprint density at radius 1 is 1.12 bits per heavy atom. The molecule has 3 aromatic rings. The molecule has 1 atom stereocenters. The van der Waals surface area contributed by atoms with Gasteiger partial charge in [-0.25, -0.2) is 28.4 Å². The molecule has 10 heteroatoms. The van der Waals surface area contributed by atoms with Crippen LogP contribution in [0.1, 0.15) is 56.5 Å². The lowest BCUT2D eigenvalue weighted by Gasteiger charge is -2.28. The van der Waals surface area contributed by atoms with Gasteiger partial charge in [-0.3, -0.25) is 4.79 Å². The monoisotopic (exact) mass is 461 g/mol. The number of fused-ring (bicyclic) bond motifs is 2. The Bertz CT molecular complexity index is 1380. The highest BCUT2D eigenvalue weighted by atomic mass is 19.1. The van der Waals surface area contributed by atoms with Crippen LogP contribution < -0.4 is 0 Å². The van der Waals surface area contributed by atoms with Crippen LogP contribution in [0.4, 0.5) is 8.78 Å². The van der Waals surface area contributed by atoms with Crippen LogP contribution in [0, 0.1) is 11.6 Å². The van der Waals surface area contributed by atoms with Gasteiger partial charge < -0.3 is 4.90 Å². The van der Waals surface area contributed by atoms with Crippen LogP contribution in [-0.4, -0.2) is 47.8 Å². The molecule has 0 saturated heterocycles. The molecule has 1 saturated carbocycles. The number of guanidine groups is 1. The smallest absolute Gasteiger partial charge is 0.274 e. The van der Waals surface area contributed by atoms with E-state index in [-0.39, 0.29) is 34.2 Å². The number of carbonyl (C=O) groups excluding carboxylic acids is 1. The maximum absolute atomic E-state index is 15.5. The Hall–Kier alpha value is -3.82. The SMILES string of the molecule is CC(C)(C)c1cnn(-c2cc(F)c(C3=NC4=NC(=O)C5(CC5)N4C3c3ccncn3)c(F)c2)c1. The molecule has 6 rings (SSSR count). The van der Waals surface area contributed by atoms with Gasteiger partial charge in [-0.15, -0.1) is 0 Å². The molecule has 1 spiro atoms. The van der Waals surface area contributed by atoms with Gasteiger partial charge in [0, 0.05) is 24.5 Å². The third-order valence-electron chi connectivity index (χ3n) is 6.62. The van der Waals surface area contributed by atoms with Gasteiger partial charge in [0.1, 0.15) is 29.5 Å². The average molecular weight is 461 g/mol. The van der Waals surface area contributed by atoms with Crippen molar-refractivity contribution in [2.75, 3.05) is 0 Å². The first-order chi connectivity index (χ1) is 16.2. The van der Waals surface area contributed by atoms with Gasteiger partial charge in [-0.1, -0.05) is 20.8 Å². The Labute approximate surface area is 194 Å². The summed E-state index contributed by atoms with van der Waals surface area (Å²) in [5.41, 5.74) is 0.607. The number of aromatic nitrogens is 4. The van der Waals surface area contributed by atoms with Crippen molar-refractivity contribution < 1.29 is 13.6 Å². The van der Waals surface area contributed by atoms with E-state index in [0.29, 0.717) is 18.5 Å². The number of rotatable bonds is 3. The van der Waals surface area contributed by atoms with Crippen molar-refractivity contribution in [3.63, 3.8) is 0 Å². The summed E-state index contributed by atoms with van der Waals surface area (Å²) in [6, 6.07) is 3.38. The lowest BCUT2D eigenvalue weighted by atomic mass is 9.90. The number of carbonyl (C=O) groups is 1. The second-order valence-electron chi connectivity index (χ2n) is 9.86. The van der Waals surface area contributed by atoms with Crippen molar-refractivity contribution in [3.8, 4) is 5.69 Å². The van der Waals surface area contributed by atoms with E-state index in [2.05, 4.69) is 25.1 Å². The van der Waals surface area contributed by atoms with Crippen LogP contribution in [0.25, 0.3) is 5.69 Å². The van der Waals surface area contributed by atoms with Crippen molar-refractivity contribution in [2.24, 2.45) is 9.98 Å². The third-order valence-corrected chi connectivity index (χ3v) is 6.62. The van der Waals surface area contributed by atoms with E-state index in [4.69, 9.17) is 0 Å². The Kier molecular flexibility index (Phi) is 4.18. The molecule has 1 aromatic carbocycles. The lowest BCUT2D eigenvalue weighted by Crippen LogP contribution is -2.42. The minimum atomic E-state index is -0.804. The Balaban J connectivity index is 1.46. The minimum Gasteiger partial charge on any atom is -0.312 e. The van der Waals surface area contributed by atoms with Crippen LogP contribution in [0.2, 0.25) is 0 Å². The lowest BCUT2D eigenvalue weighted by molar-refractivity contribution is -0.121. The van der Waals surface area contributed by atoms with E-state index in [9.17, 15) is 4.79 Å². The van der Waals surface area contributed by atoms with E-state index in [0.717, 1.165) is 5.56 Å². The Morgan fingerprint density at radius 3 is 2.44 bits per heavy atom. The van der Waals surface area contributed by atoms with Gasteiger partial charge in [0.05, 0.1) is 28.9 Å². The van der Waals surface area contributed by atoms with Gasteiger partial charge >= 0.3 is 0 Å². The number of aliphatic imine (C=N–C) groups is 2. The van der Waals surface area contributed by atoms with E-state index in [1.807, 2.05) is 20.8 Å². The molecule has 1 unspecified atom stereocenters. The summed E-state index contributed by atoms with van der Waals surface area (Å²) in [4.78, 5) is 31.0. The second kappa shape index (κ2) is 6.85. The van der Waals surface area contributed by atoms with Crippen molar-refractivity contribution in [2.45, 2.75) is 50.6 Å². The summed E-state index contributed by atoms with van der Waals surface area (Å²) < 4.78 is 32.5. The molecule has 0 radical (unpaired) electrons. The summed E-state index contributed by atoms with van der Waals surface area (Å²) in [5.74, 6) is -1.66. The largest absolute Gasteiger partial charge is 0.312 e. The molecular formula is C24H21F2N7O. The number of halogens is 2. The number of benzene rings is 1. The first-order valence-corrected chi connectivity index (χ1v) is 11.0. The topological polar surface area (TPSA) is 88.6 Å². The van der Waals surface area contributed by atoms with Crippen molar-refractivity contribution in [3.05, 3.63) is 71.6 Å². The molecule has 1 aliphatic carbocycles. The standard InChI is InChI=1S/C24H21F2N7O/c1-23(2,3)13-10-29-32(11-13)14-8-15(25)18(16(26)9-14)19-20(17-4-7-27-12-28-17)33-22(30-19)31-21(34)24(33)5-6-24/h4,7-12,20H,5-6H2,1-3H3. The fourth-order valence-corrected chi connectivity index (χ4v) is 4.56. The van der Waals surface area contributed by atoms with Gasteiger partial charge in [0.2, 0.25) is 5.96 Å². The molecule has 8 nitrogen and oxygen atoms in total. The van der Waals surface area contributed by atoms with E-state index in [1.165, 1.54) is 23.1 Å². The molecular weight excluding hydrogens is 440 g/mol. The fraction of sp³-hybridized carbons (Fsp3) is 0.333. The molecule has 4 heterocycles. The van der Waals surface area contributed by atoms with Crippen LogP contribution in [-0.2, 0) is 10.2 Å². The van der Waals surface area contributed by atoms with Crippen LogP contribution in [0.5, 0.6) is 0 Å². The molecule has 2 aromatic heterocycles. The maximum Gasteiger partial charge on any atom is 0.274 e. The quantitative estimate of drug-likeness (QED) is 0.596. The molecule has 34 heavy (non-hydrogen) atoms. The van der Waals surface area contributed by atoms with E-state index < -0.39 is 23.2 Å². The Morgan fingerprint density at radius 2 is 1.85 bits per heavy atom. The molecule has 1 fully saturated rings. The number of hydrogen-bond acceptors (Lipinski definition) is 6. The van der Waals surface area contributed by atoms with Gasteiger partial charge in [0.25, 0.3) is 5.91 Å². The van der Waals surface area contributed by atoms with Crippen LogP contribution in [0.15, 0.2) is 53.1 Å². The van der Waals surface area contributed by atoms with E-state index >= 15 is 8.78 Å². The van der Waals surface area contributed by atoms with Crippen molar-refractivity contribution >= 4 is 17.6 Å². The zero-order valence-corrected chi connectivity index (χ0v) is 18.8. The zero-order valence-electron chi connectivity index (χ0n) is 18.8. The predicted octanol–water partition coefficient (Wildman–Crippen LogP) is 3.51. The first-order valence-electron chi connectivity index (χ1n) is 11.0. The normalized spacial score (nSPS) is 20.6. The summed E-state index contributed by atoms with van der Waals surface area (Å²) >= 11 is 0. The van der Waals surface area contributed by atoms with Crippen LogP contribution in [0.3, 0.4) is 0 Å². The summed E-state index contributed by atoms with van der Waals surface area (Å²) in [6.45, 7) is 6.11. The summed E-state index contributed by atoms with van der Waals surface area (Å²) in [5, 5.41) is 4.28. The second-order valence-corrected chi connectivity index (χ2v) is 9.86. The number of amides is 1. The van der Waals surface area contributed by atoms with Gasteiger partial charge in [-0.05, 0) is 29.9 Å². The molecule has 0 bridgehead atoms. The molecule has 0 N–H and O–H groups in total. The van der Waals surface area contributed by atoms with Crippen molar-refractivity contribution in [1.29, 1.82) is 0 Å². The molecule has 2 aliphatic heterocycles. The van der Waals surface area contributed by atoms with E-state index in [1.54, 1.807) is 29.6 Å². The fourth-order valence-electron chi connectivity index (χ4n) is 4.56. The summed E-state index contributed by atoms with van der Waals surface area (Å²) in [7, 11) is 0. The van der Waals surface area contributed by atoms with Gasteiger partial charge in [-0.2, -0.15) is 10.1 Å². The van der Waals surface area contributed by atoms with Crippen LogP contribution >= 0.6 is 0 Å². The highest BCUT2D eigenvalue weighted by Gasteiger charge is 2.64. The molecule has 1 amide bonds. The highest BCUT2D eigenvalue weighted by molar-refractivity contribution is 6.21. The number of hydrogen-bond donors (Lipinski definition) is 0. The molecule has 172 valence electrons. The first kappa shape index (κ1) is 20.8. The zero-order chi connectivity index (χ0) is 23.8.